The fraction of sp³-hybridized carbons (Fsp3) is 0.625. The number of rotatable bonds is 6. The second-order valence-electron chi connectivity index (χ2n) is 9.72. The molecule has 1 aromatic carbocycles. The first-order valence-corrected chi connectivity index (χ1v) is 15.9. The molecule has 0 radical (unpaired) electrons. The van der Waals surface area contributed by atoms with Gasteiger partial charge in [0.1, 0.15) is 28.7 Å². The van der Waals surface area contributed by atoms with Gasteiger partial charge in [0.25, 0.3) is 0 Å². The van der Waals surface area contributed by atoms with Crippen LogP contribution in [0, 0.1) is 0 Å². The Hall–Kier alpha value is -0.900. The molecule has 2 fully saturated rings. The van der Waals surface area contributed by atoms with Crippen molar-refractivity contribution >= 4 is 75.4 Å². The molecule has 4 heterocycles. The van der Waals surface area contributed by atoms with Crippen LogP contribution in [0.1, 0.15) is 12.5 Å². The zero-order valence-electron chi connectivity index (χ0n) is 21.9. The summed E-state index contributed by atoms with van der Waals surface area (Å²) in [6, 6.07) is 2.40. The van der Waals surface area contributed by atoms with Crippen molar-refractivity contribution in [1.82, 2.24) is 9.80 Å². The minimum atomic E-state index is -1.57. The number of phenolic OH excluding ortho intramolecular Hbond substituents is 1. The molecule has 8 atom stereocenters. The zero-order chi connectivity index (χ0) is 28.2. The lowest BCUT2D eigenvalue weighted by Crippen LogP contribution is -2.53. The largest absolute Gasteiger partial charge is 0.506 e. The Morgan fingerprint density at radius 3 is 2.67 bits per heavy atom. The highest BCUT2D eigenvalue weighted by molar-refractivity contribution is 8.14. The van der Waals surface area contributed by atoms with E-state index in [4.69, 9.17) is 42.4 Å². The van der Waals surface area contributed by atoms with Crippen LogP contribution in [0.2, 0.25) is 10.0 Å². The Balaban J connectivity index is 1.33. The van der Waals surface area contributed by atoms with E-state index in [-0.39, 0.29) is 51.1 Å². The van der Waals surface area contributed by atoms with Gasteiger partial charge in [0.2, 0.25) is 11.6 Å². The van der Waals surface area contributed by atoms with Crippen molar-refractivity contribution < 1.29 is 29.2 Å². The SMILES string of the molecule is COC(=O)[C@H]1[C@H](OC)S[C@@H]([C@H]2CSC([C@@H]3CS[C@H]([C@@]4(O)N=C(c5cc(Cl)cc(Cl)c5O)O[C@@H]4C)N3C)=N2)N1C. The van der Waals surface area contributed by atoms with E-state index >= 15 is 0 Å². The number of nitrogens with zero attached hydrogens (tertiary/aromatic N) is 4. The molecular formula is C24H30Cl2N4O6S3. The van der Waals surface area contributed by atoms with Gasteiger partial charge in [-0.05, 0) is 33.2 Å². The number of thioether (sulfide) groups is 3. The van der Waals surface area contributed by atoms with Gasteiger partial charge in [-0.2, -0.15) is 0 Å². The Bertz CT molecular complexity index is 1210. The first-order chi connectivity index (χ1) is 18.5. The van der Waals surface area contributed by atoms with Gasteiger partial charge in [0.15, 0.2) is 0 Å². The second-order valence-corrected chi connectivity index (χ2v) is 13.9. The van der Waals surface area contributed by atoms with Crippen LogP contribution >= 0.6 is 58.5 Å². The van der Waals surface area contributed by atoms with Crippen molar-refractivity contribution in [3.05, 3.63) is 27.7 Å². The van der Waals surface area contributed by atoms with Crippen LogP contribution < -0.4 is 0 Å². The molecule has 4 aliphatic rings. The lowest BCUT2D eigenvalue weighted by molar-refractivity contribution is -0.148. The zero-order valence-corrected chi connectivity index (χ0v) is 25.9. The summed E-state index contributed by atoms with van der Waals surface area (Å²) in [5.41, 5.74) is -1.67. The van der Waals surface area contributed by atoms with E-state index in [1.165, 1.54) is 19.2 Å². The molecule has 0 saturated carbocycles. The van der Waals surface area contributed by atoms with E-state index in [0.717, 1.165) is 10.8 Å². The van der Waals surface area contributed by atoms with E-state index < -0.39 is 23.2 Å². The Morgan fingerprint density at radius 1 is 1.23 bits per heavy atom. The van der Waals surface area contributed by atoms with Gasteiger partial charge in [0.05, 0.1) is 40.2 Å². The van der Waals surface area contributed by atoms with E-state index in [1.54, 1.807) is 49.3 Å². The van der Waals surface area contributed by atoms with Crippen molar-refractivity contribution in [1.29, 1.82) is 0 Å². The second kappa shape index (κ2) is 11.4. The van der Waals surface area contributed by atoms with Crippen LogP contribution in [0.3, 0.4) is 0 Å². The molecule has 214 valence electrons. The van der Waals surface area contributed by atoms with Gasteiger partial charge in [-0.1, -0.05) is 23.2 Å². The lowest BCUT2D eigenvalue weighted by atomic mass is 10.1. The van der Waals surface area contributed by atoms with Crippen LogP contribution in [-0.4, -0.2) is 123 Å². The predicted octanol–water partition coefficient (Wildman–Crippen LogP) is 2.96. The normalized spacial score (nSPS) is 37.2. The van der Waals surface area contributed by atoms with E-state index in [1.807, 2.05) is 19.0 Å². The number of benzene rings is 1. The molecule has 0 bridgehead atoms. The molecule has 0 unspecified atom stereocenters. The third-order valence-corrected chi connectivity index (χ3v) is 12.3. The first kappa shape index (κ1) is 29.6. The summed E-state index contributed by atoms with van der Waals surface area (Å²) in [7, 11) is 6.84. The third-order valence-electron chi connectivity index (χ3n) is 7.42. The standard InChI is InChI=1S/C24H30Cl2N4O6S3/c1-10-24(33,28-18(36-10)12-6-11(25)7-13(26)17(12)31)23-29(2)15(9-38-23)19-27-14(8-37-19)20-30(3)16(21(32)34-4)22(35-5)39-20/h6-7,10,14-16,20,22-23,31,33H,8-9H2,1-5H3/t10-,14-,15+,16+,20+,22-,23-,24-/m1/s1. The van der Waals surface area contributed by atoms with Crippen LogP contribution in [0.15, 0.2) is 22.1 Å². The Morgan fingerprint density at radius 2 is 1.97 bits per heavy atom. The van der Waals surface area contributed by atoms with Crippen molar-refractivity contribution in [3.63, 3.8) is 0 Å². The maximum atomic E-state index is 12.4. The number of ether oxygens (including phenoxy) is 3. The number of carbonyl (C=O) groups is 1. The number of hydrogen-bond acceptors (Lipinski definition) is 13. The van der Waals surface area contributed by atoms with Crippen molar-refractivity contribution in [3.8, 4) is 5.75 Å². The maximum absolute atomic E-state index is 12.4. The fourth-order valence-corrected chi connectivity index (χ4v) is 10.3. The Kier molecular flexibility index (Phi) is 8.66. The molecule has 10 nitrogen and oxygen atoms in total. The monoisotopic (exact) mass is 636 g/mol. The highest BCUT2D eigenvalue weighted by atomic mass is 35.5. The number of methoxy groups -OCH3 is 2. The molecule has 0 amide bonds. The molecular weight excluding hydrogens is 607 g/mol. The summed E-state index contributed by atoms with van der Waals surface area (Å²) in [5, 5.41) is 23.1. The summed E-state index contributed by atoms with van der Waals surface area (Å²) in [6.07, 6.45) is -0.681. The molecule has 39 heavy (non-hydrogen) atoms. The molecule has 15 heteroatoms. The smallest absolute Gasteiger partial charge is 0.326 e. The van der Waals surface area contributed by atoms with Crippen molar-refractivity contribution in [2.45, 2.75) is 53.1 Å². The number of esters is 1. The number of phenols is 1. The number of likely N-dealkylation sites (N-methyl/N-ethyl adjacent to an activating group) is 2. The van der Waals surface area contributed by atoms with E-state index in [9.17, 15) is 15.0 Å². The topological polar surface area (TPSA) is 116 Å². The Labute approximate surface area is 249 Å². The number of carbonyl (C=O) groups excluding carboxylic acids is 1. The number of aromatic hydroxyl groups is 1. The van der Waals surface area contributed by atoms with Gasteiger partial charge in [-0.25, -0.2) is 4.99 Å². The summed E-state index contributed by atoms with van der Waals surface area (Å²) in [6.45, 7) is 1.75. The summed E-state index contributed by atoms with van der Waals surface area (Å²) in [5.74, 6) is 1.06. The molecule has 2 N–H and O–H groups in total. The quantitative estimate of drug-likeness (QED) is 0.449. The van der Waals surface area contributed by atoms with Gasteiger partial charge < -0.3 is 24.4 Å². The van der Waals surface area contributed by atoms with E-state index in [0.29, 0.717) is 10.8 Å². The fourth-order valence-electron chi connectivity index (χ4n) is 5.23. The molecule has 0 aliphatic carbocycles. The van der Waals surface area contributed by atoms with Gasteiger partial charge in [-0.3, -0.25) is 19.6 Å². The summed E-state index contributed by atoms with van der Waals surface area (Å²) >= 11 is 17.1. The van der Waals surface area contributed by atoms with Crippen molar-refractivity contribution in [2.24, 2.45) is 9.98 Å². The van der Waals surface area contributed by atoms with Crippen molar-refractivity contribution in [2.75, 3.05) is 39.8 Å². The molecule has 1 aromatic rings. The van der Waals surface area contributed by atoms with Crippen LogP contribution in [0.5, 0.6) is 5.75 Å². The minimum absolute atomic E-state index is 0.0224. The minimum Gasteiger partial charge on any atom is -0.506 e. The maximum Gasteiger partial charge on any atom is 0.326 e. The number of hydrogen-bond donors (Lipinski definition) is 2. The van der Waals surface area contributed by atoms with Crippen LogP contribution in [0.4, 0.5) is 0 Å². The molecule has 0 spiro atoms. The summed E-state index contributed by atoms with van der Waals surface area (Å²) < 4.78 is 16.5. The van der Waals surface area contributed by atoms with Crippen LogP contribution in [0.25, 0.3) is 0 Å². The number of halogens is 2. The summed E-state index contributed by atoms with van der Waals surface area (Å²) in [4.78, 5) is 26.1. The average molecular weight is 638 g/mol. The number of aliphatic hydroxyl groups is 1. The predicted molar refractivity (Wildman–Crippen MR) is 157 cm³/mol. The lowest BCUT2D eigenvalue weighted by Gasteiger charge is -2.34. The van der Waals surface area contributed by atoms with Crippen LogP contribution in [-0.2, 0) is 19.0 Å². The third kappa shape index (κ3) is 5.16. The first-order valence-electron chi connectivity index (χ1n) is 12.2. The number of aliphatic imine (C=N–C) groups is 2. The van der Waals surface area contributed by atoms with Gasteiger partial charge >= 0.3 is 5.97 Å². The molecule has 2 saturated heterocycles. The molecule has 0 aromatic heterocycles. The highest BCUT2D eigenvalue weighted by Crippen LogP contribution is 2.46. The van der Waals surface area contributed by atoms with Gasteiger partial charge in [-0.15, -0.1) is 35.3 Å². The average Bonchev–Trinajstić information content (AvgIpc) is 3.66. The molecule has 4 aliphatic heterocycles. The molecule has 5 rings (SSSR count). The highest BCUT2D eigenvalue weighted by Gasteiger charge is 2.56. The van der Waals surface area contributed by atoms with E-state index in [2.05, 4.69) is 9.89 Å². The van der Waals surface area contributed by atoms with Gasteiger partial charge in [0, 0.05) is 23.6 Å².